The summed E-state index contributed by atoms with van der Waals surface area (Å²) in [4.78, 5) is 18.7. The van der Waals surface area contributed by atoms with Crippen LogP contribution >= 0.6 is 0 Å². The Hall–Kier alpha value is -3.67. The van der Waals surface area contributed by atoms with E-state index in [9.17, 15) is 0 Å². The molecule has 2 saturated heterocycles. The van der Waals surface area contributed by atoms with E-state index >= 15 is 0 Å². The third-order valence-corrected chi connectivity index (χ3v) is 6.77. The predicted octanol–water partition coefficient (Wildman–Crippen LogP) is 3.00. The van der Waals surface area contributed by atoms with Crippen molar-refractivity contribution < 1.29 is 18.9 Å². The molecule has 11 heteroatoms. The fourth-order valence-corrected chi connectivity index (χ4v) is 4.62. The number of hydrogen-bond acceptors (Lipinski definition) is 9. The van der Waals surface area contributed by atoms with E-state index in [-0.39, 0.29) is 0 Å². The third-order valence-electron chi connectivity index (χ3n) is 6.77. The van der Waals surface area contributed by atoms with E-state index in [1.54, 1.807) is 14.2 Å². The summed E-state index contributed by atoms with van der Waals surface area (Å²) in [5.41, 5.74) is 2.84. The highest BCUT2D eigenvalue weighted by atomic mass is 16.5. The Balaban J connectivity index is 1.45. The van der Waals surface area contributed by atoms with Crippen molar-refractivity contribution in [1.29, 1.82) is 0 Å². The lowest BCUT2D eigenvalue weighted by Crippen LogP contribution is -2.38. The summed E-state index contributed by atoms with van der Waals surface area (Å²) in [7, 11) is 3.38. The van der Waals surface area contributed by atoms with Crippen molar-refractivity contribution in [2.75, 3.05) is 95.4 Å². The number of aliphatic imine (C=N–C) groups is 1. The van der Waals surface area contributed by atoms with Gasteiger partial charge in [0.1, 0.15) is 12.4 Å². The number of rotatable bonds is 8. The minimum absolute atomic E-state index is 0.536. The van der Waals surface area contributed by atoms with Crippen LogP contribution in [0.4, 0.5) is 17.5 Å². The van der Waals surface area contributed by atoms with Gasteiger partial charge in [0, 0.05) is 56.9 Å². The quantitative estimate of drug-likeness (QED) is 0.330. The van der Waals surface area contributed by atoms with E-state index in [2.05, 4.69) is 44.5 Å². The van der Waals surface area contributed by atoms with Gasteiger partial charge in [-0.1, -0.05) is 12.1 Å². The molecule has 2 aliphatic heterocycles. The number of hydrogen-bond donors (Lipinski definition) is 2. The van der Waals surface area contributed by atoms with Crippen LogP contribution in [0.5, 0.6) is 11.5 Å². The van der Waals surface area contributed by atoms with Gasteiger partial charge >= 0.3 is 0 Å². The normalized spacial score (nSPS) is 16.8. The van der Waals surface area contributed by atoms with Crippen LogP contribution in [0.15, 0.2) is 41.4 Å². The number of morpholine rings is 2. The van der Waals surface area contributed by atoms with Crippen molar-refractivity contribution in [1.82, 2.24) is 14.9 Å². The lowest BCUT2D eigenvalue weighted by molar-refractivity contribution is 0.0321. The van der Waals surface area contributed by atoms with E-state index in [0.717, 1.165) is 68.1 Å². The molecule has 11 nitrogen and oxygen atoms in total. The van der Waals surface area contributed by atoms with Crippen molar-refractivity contribution in [2.24, 2.45) is 4.99 Å². The molecule has 0 bridgehead atoms. The maximum absolute atomic E-state index is 6.22. The van der Waals surface area contributed by atoms with Gasteiger partial charge in [-0.3, -0.25) is 9.89 Å². The molecular formula is C28H37N7O4. The number of nitrogens with one attached hydrogen (secondary N) is 2. The highest BCUT2D eigenvalue weighted by molar-refractivity contribution is 6.07. The zero-order valence-corrected chi connectivity index (χ0v) is 22.9. The highest BCUT2D eigenvalue weighted by Crippen LogP contribution is 2.35. The van der Waals surface area contributed by atoms with Crippen LogP contribution in [0.2, 0.25) is 0 Å². The van der Waals surface area contributed by atoms with E-state index in [0.29, 0.717) is 49.0 Å². The molecule has 3 heterocycles. The number of methoxy groups -OCH3 is 1. The first-order chi connectivity index (χ1) is 19.1. The van der Waals surface area contributed by atoms with Crippen molar-refractivity contribution in [3.63, 3.8) is 0 Å². The molecule has 2 fully saturated rings. The van der Waals surface area contributed by atoms with Crippen molar-refractivity contribution in [2.45, 2.75) is 6.92 Å². The van der Waals surface area contributed by atoms with Crippen LogP contribution in [-0.4, -0.2) is 101 Å². The zero-order valence-electron chi connectivity index (χ0n) is 22.9. The molecule has 2 aliphatic rings. The maximum Gasteiger partial charge on any atom is 0.228 e. The molecular weight excluding hydrogens is 498 g/mol. The molecule has 2 N–H and O–H groups in total. The number of benzene rings is 2. The number of guanidine groups is 1. The summed E-state index contributed by atoms with van der Waals surface area (Å²) in [6, 6.07) is 12.0. The van der Waals surface area contributed by atoms with Crippen molar-refractivity contribution in [3.05, 3.63) is 42.0 Å². The van der Waals surface area contributed by atoms with Crippen molar-refractivity contribution >= 4 is 34.3 Å². The highest BCUT2D eigenvalue weighted by Gasteiger charge is 2.20. The Bertz CT molecular complexity index is 1290. The molecule has 0 radical (unpaired) electrons. The average Bonchev–Trinajstić information content (AvgIpc) is 2.97. The van der Waals surface area contributed by atoms with Crippen LogP contribution < -0.4 is 25.0 Å². The first-order valence-corrected chi connectivity index (χ1v) is 13.4. The molecule has 0 spiro atoms. The number of aryl methyl sites for hydroxylation is 1. The summed E-state index contributed by atoms with van der Waals surface area (Å²) in [6.07, 6.45) is 0. The van der Waals surface area contributed by atoms with E-state index < -0.39 is 0 Å². The molecule has 1 aromatic heterocycles. The summed E-state index contributed by atoms with van der Waals surface area (Å²) >= 11 is 0. The molecule has 208 valence electrons. The topological polar surface area (TPSA) is 106 Å². The fourth-order valence-electron chi connectivity index (χ4n) is 4.62. The van der Waals surface area contributed by atoms with Crippen LogP contribution in [0.25, 0.3) is 10.9 Å². The number of anilines is 3. The zero-order chi connectivity index (χ0) is 27.0. The van der Waals surface area contributed by atoms with Gasteiger partial charge in [-0.25, -0.2) is 4.98 Å². The SMILES string of the molecule is CN=C(Nc1cccc(C)c1)Nc1nc(N2CCOCC2)nc2cc(OC)c(OCCN3CCOCC3)cc12. The van der Waals surface area contributed by atoms with Gasteiger partial charge in [0.2, 0.25) is 11.9 Å². The predicted molar refractivity (Wildman–Crippen MR) is 154 cm³/mol. The molecule has 0 amide bonds. The third kappa shape index (κ3) is 6.86. The second kappa shape index (κ2) is 12.9. The Labute approximate surface area is 229 Å². The monoisotopic (exact) mass is 535 g/mol. The Kier molecular flexibility index (Phi) is 8.92. The van der Waals surface area contributed by atoms with Crippen molar-refractivity contribution in [3.8, 4) is 11.5 Å². The number of fused-ring (bicyclic) bond motifs is 1. The van der Waals surface area contributed by atoms with Crippen LogP contribution in [-0.2, 0) is 9.47 Å². The number of aromatic nitrogens is 2. The fraction of sp³-hybridized carbons (Fsp3) is 0.464. The Morgan fingerprint density at radius 3 is 2.46 bits per heavy atom. The maximum atomic E-state index is 6.22. The van der Waals surface area contributed by atoms with Gasteiger partial charge in [-0.05, 0) is 30.7 Å². The van der Waals surface area contributed by atoms with Gasteiger partial charge in [0.15, 0.2) is 11.5 Å². The van der Waals surface area contributed by atoms with Crippen LogP contribution in [0.3, 0.4) is 0 Å². The smallest absolute Gasteiger partial charge is 0.228 e. The van der Waals surface area contributed by atoms with Gasteiger partial charge in [-0.2, -0.15) is 4.98 Å². The van der Waals surface area contributed by atoms with Gasteiger partial charge in [-0.15, -0.1) is 0 Å². The lowest BCUT2D eigenvalue weighted by atomic mass is 10.2. The second-order valence-corrected chi connectivity index (χ2v) is 9.49. The molecule has 3 aromatic rings. The summed E-state index contributed by atoms with van der Waals surface area (Å²) < 4.78 is 22.9. The Morgan fingerprint density at radius 2 is 1.74 bits per heavy atom. The molecule has 5 rings (SSSR count). The minimum Gasteiger partial charge on any atom is -0.493 e. The standard InChI is InChI=1S/C28H37N7O4/c1-20-5-4-6-21(17-20)30-27(29-2)32-26-22-18-25(39-16-9-34-7-12-37-13-8-34)24(36-3)19-23(22)31-28(33-26)35-10-14-38-15-11-35/h4-6,17-19H,7-16H2,1-3H3,(H2,29,30,31,32,33). The van der Waals surface area contributed by atoms with E-state index in [1.165, 1.54) is 0 Å². The molecule has 2 aromatic carbocycles. The number of ether oxygens (including phenoxy) is 4. The molecule has 0 saturated carbocycles. The van der Waals surface area contributed by atoms with Gasteiger partial charge in [0.25, 0.3) is 0 Å². The average molecular weight is 536 g/mol. The second-order valence-electron chi connectivity index (χ2n) is 9.49. The largest absolute Gasteiger partial charge is 0.493 e. The van der Waals surface area contributed by atoms with Crippen LogP contribution in [0, 0.1) is 6.92 Å². The van der Waals surface area contributed by atoms with E-state index in [1.807, 2.05) is 24.3 Å². The summed E-state index contributed by atoms with van der Waals surface area (Å²) in [5.74, 6) is 3.10. The number of nitrogens with zero attached hydrogens (tertiary/aromatic N) is 5. The minimum atomic E-state index is 0.536. The summed E-state index contributed by atoms with van der Waals surface area (Å²) in [6.45, 7) is 9.48. The van der Waals surface area contributed by atoms with Gasteiger partial charge < -0.3 is 34.5 Å². The summed E-state index contributed by atoms with van der Waals surface area (Å²) in [5, 5.41) is 7.57. The van der Waals surface area contributed by atoms with Crippen LogP contribution in [0.1, 0.15) is 5.56 Å². The lowest BCUT2D eigenvalue weighted by Gasteiger charge is -2.28. The van der Waals surface area contributed by atoms with Gasteiger partial charge in [0.05, 0.1) is 39.1 Å². The Morgan fingerprint density at radius 1 is 0.974 bits per heavy atom. The molecule has 0 unspecified atom stereocenters. The first kappa shape index (κ1) is 26.9. The molecule has 39 heavy (non-hydrogen) atoms. The van der Waals surface area contributed by atoms with E-state index in [4.69, 9.17) is 28.9 Å². The molecule has 0 atom stereocenters. The first-order valence-electron chi connectivity index (χ1n) is 13.4. The molecule has 0 aliphatic carbocycles.